The number of hydrogen-bond donors (Lipinski definition) is 3. The summed E-state index contributed by atoms with van der Waals surface area (Å²) in [6.07, 6.45) is 0. The van der Waals surface area contributed by atoms with Crippen LogP contribution in [0.15, 0.2) is 60.7 Å². The van der Waals surface area contributed by atoms with Gasteiger partial charge in [-0.2, -0.15) is 0 Å². The Morgan fingerprint density at radius 2 is 1.65 bits per heavy atom. The zero-order valence-electron chi connectivity index (χ0n) is 13.9. The number of amides is 3. The molecular weight excluding hydrogens is 370 g/mol. The van der Waals surface area contributed by atoms with E-state index in [0.29, 0.717) is 26.3 Å². The fraction of sp³-hybridized carbons (Fsp3) is 0.0526. The molecule has 0 unspecified atom stereocenters. The number of urea groups is 1. The van der Waals surface area contributed by atoms with Crippen LogP contribution >= 0.6 is 22.9 Å². The summed E-state index contributed by atoms with van der Waals surface area (Å²) >= 11 is 7.26. The van der Waals surface area contributed by atoms with E-state index in [1.807, 2.05) is 25.1 Å². The highest BCUT2D eigenvalue weighted by Crippen LogP contribution is 2.26. The number of thiophene rings is 1. The van der Waals surface area contributed by atoms with Gasteiger partial charge in [0.1, 0.15) is 0 Å². The van der Waals surface area contributed by atoms with E-state index in [4.69, 9.17) is 11.6 Å². The normalized spacial score (nSPS) is 10.2. The number of nitrogens with one attached hydrogen (secondary N) is 3. The molecule has 1 aromatic heterocycles. The maximum atomic E-state index is 12.4. The first kappa shape index (κ1) is 18.0. The van der Waals surface area contributed by atoms with Gasteiger partial charge in [0.25, 0.3) is 5.91 Å². The Balaban J connectivity index is 1.63. The third-order valence-electron chi connectivity index (χ3n) is 3.61. The molecule has 0 bridgehead atoms. The fourth-order valence-electron chi connectivity index (χ4n) is 2.25. The predicted octanol–water partition coefficient (Wildman–Crippen LogP) is 5.61. The van der Waals surface area contributed by atoms with E-state index in [2.05, 4.69) is 16.0 Å². The van der Waals surface area contributed by atoms with E-state index < -0.39 is 0 Å². The van der Waals surface area contributed by atoms with Gasteiger partial charge in [0.2, 0.25) is 0 Å². The topological polar surface area (TPSA) is 70.2 Å². The number of carbonyl (C=O) groups is 2. The molecule has 0 fully saturated rings. The van der Waals surface area contributed by atoms with Crippen molar-refractivity contribution < 1.29 is 9.59 Å². The lowest BCUT2D eigenvalue weighted by Gasteiger charge is -2.08. The maximum Gasteiger partial charge on any atom is 0.324 e. The minimum atomic E-state index is -0.365. The van der Waals surface area contributed by atoms with Crippen LogP contribution < -0.4 is 16.0 Å². The molecule has 7 heteroatoms. The van der Waals surface area contributed by atoms with Gasteiger partial charge in [-0.25, -0.2) is 4.79 Å². The van der Waals surface area contributed by atoms with Crippen LogP contribution in [0, 0.1) is 6.92 Å². The summed E-state index contributed by atoms with van der Waals surface area (Å²) in [6.45, 7) is 1.84. The summed E-state index contributed by atoms with van der Waals surface area (Å²) in [7, 11) is 0. The average molecular weight is 386 g/mol. The van der Waals surface area contributed by atoms with Gasteiger partial charge in [0.15, 0.2) is 0 Å². The molecule has 0 saturated carbocycles. The van der Waals surface area contributed by atoms with Crippen LogP contribution in [0.1, 0.15) is 15.2 Å². The van der Waals surface area contributed by atoms with Gasteiger partial charge in [-0.3, -0.25) is 10.1 Å². The number of carbonyl (C=O) groups excluding carboxylic acids is 2. The second-order valence-corrected chi connectivity index (χ2v) is 6.97. The first-order chi connectivity index (χ1) is 12.5. The molecule has 5 nitrogen and oxygen atoms in total. The van der Waals surface area contributed by atoms with Gasteiger partial charge in [-0.15, -0.1) is 11.3 Å². The van der Waals surface area contributed by atoms with Crippen molar-refractivity contribution in [2.45, 2.75) is 6.92 Å². The van der Waals surface area contributed by atoms with Crippen molar-refractivity contribution >= 4 is 51.3 Å². The lowest BCUT2D eigenvalue weighted by molar-refractivity contribution is 0.103. The van der Waals surface area contributed by atoms with Crippen molar-refractivity contribution in [2.75, 3.05) is 16.0 Å². The monoisotopic (exact) mass is 385 g/mol. The largest absolute Gasteiger partial charge is 0.324 e. The van der Waals surface area contributed by atoms with Gasteiger partial charge in [-0.1, -0.05) is 35.9 Å². The number of para-hydroxylation sites is 1. The molecule has 3 aromatic rings. The summed E-state index contributed by atoms with van der Waals surface area (Å²) in [5.74, 6) is -0.253. The standard InChI is InChI=1S/C19H16ClN3O2S/c1-12-14(20)8-5-9-15(12)22-18(24)16-10-11-17(26-16)23-19(25)21-13-6-3-2-4-7-13/h2-11H,1H3,(H,22,24)(H2,21,23,25). The molecule has 26 heavy (non-hydrogen) atoms. The molecule has 3 N–H and O–H groups in total. The fourth-order valence-corrected chi connectivity index (χ4v) is 3.22. The first-order valence-electron chi connectivity index (χ1n) is 7.82. The molecule has 0 radical (unpaired) electrons. The highest BCUT2D eigenvalue weighted by atomic mass is 35.5. The Bertz CT molecular complexity index is 941. The molecule has 0 aliphatic heterocycles. The SMILES string of the molecule is Cc1c(Cl)cccc1NC(=O)c1ccc(NC(=O)Nc2ccccc2)s1. The molecule has 1 heterocycles. The van der Waals surface area contributed by atoms with E-state index >= 15 is 0 Å². The molecule has 3 amide bonds. The molecule has 0 atom stereocenters. The van der Waals surface area contributed by atoms with Crippen LogP contribution in [0.2, 0.25) is 5.02 Å². The van der Waals surface area contributed by atoms with Gasteiger partial charge < -0.3 is 10.6 Å². The van der Waals surface area contributed by atoms with E-state index in [1.54, 1.807) is 42.5 Å². The van der Waals surface area contributed by atoms with E-state index in [0.717, 1.165) is 5.56 Å². The number of hydrogen-bond acceptors (Lipinski definition) is 3. The maximum absolute atomic E-state index is 12.4. The minimum absolute atomic E-state index is 0.253. The second kappa shape index (κ2) is 8.03. The van der Waals surface area contributed by atoms with Gasteiger partial charge in [-0.05, 0) is 48.9 Å². The smallest absolute Gasteiger partial charge is 0.321 e. The lowest BCUT2D eigenvalue weighted by Crippen LogP contribution is -2.18. The average Bonchev–Trinajstić information content (AvgIpc) is 3.08. The lowest BCUT2D eigenvalue weighted by atomic mass is 10.2. The first-order valence-corrected chi connectivity index (χ1v) is 9.02. The van der Waals surface area contributed by atoms with Gasteiger partial charge >= 0.3 is 6.03 Å². The highest BCUT2D eigenvalue weighted by Gasteiger charge is 2.13. The summed E-state index contributed by atoms with van der Waals surface area (Å²) in [5.41, 5.74) is 2.16. The molecular formula is C19H16ClN3O2S. The zero-order valence-corrected chi connectivity index (χ0v) is 15.4. The third-order valence-corrected chi connectivity index (χ3v) is 5.02. The Morgan fingerprint density at radius 3 is 2.42 bits per heavy atom. The molecule has 3 rings (SSSR count). The van der Waals surface area contributed by atoms with Crippen molar-refractivity contribution in [2.24, 2.45) is 0 Å². The van der Waals surface area contributed by atoms with Crippen LogP contribution in [0.5, 0.6) is 0 Å². The molecule has 0 spiro atoms. The van der Waals surface area contributed by atoms with Crippen molar-refractivity contribution in [3.63, 3.8) is 0 Å². The van der Waals surface area contributed by atoms with Crippen LogP contribution in [-0.4, -0.2) is 11.9 Å². The van der Waals surface area contributed by atoms with Crippen molar-refractivity contribution in [1.29, 1.82) is 0 Å². The van der Waals surface area contributed by atoms with Crippen LogP contribution in [0.25, 0.3) is 0 Å². The van der Waals surface area contributed by atoms with E-state index in [1.165, 1.54) is 11.3 Å². The second-order valence-electron chi connectivity index (χ2n) is 5.48. The molecule has 0 aliphatic carbocycles. The van der Waals surface area contributed by atoms with E-state index in [-0.39, 0.29) is 11.9 Å². The number of benzene rings is 2. The Hall–Kier alpha value is -2.83. The van der Waals surface area contributed by atoms with Gasteiger partial charge in [0, 0.05) is 16.4 Å². The van der Waals surface area contributed by atoms with Crippen molar-refractivity contribution in [1.82, 2.24) is 0 Å². The minimum Gasteiger partial charge on any atom is -0.321 e. The number of halogens is 1. The van der Waals surface area contributed by atoms with Gasteiger partial charge in [0.05, 0.1) is 9.88 Å². The van der Waals surface area contributed by atoms with Crippen molar-refractivity contribution in [3.8, 4) is 0 Å². The molecule has 2 aromatic carbocycles. The van der Waals surface area contributed by atoms with E-state index in [9.17, 15) is 9.59 Å². The number of rotatable bonds is 4. The molecule has 0 saturated heterocycles. The summed E-state index contributed by atoms with van der Waals surface area (Å²) in [6, 6.07) is 17.4. The zero-order chi connectivity index (χ0) is 18.5. The predicted molar refractivity (Wildman–Crippen MR) is 108 cm³/mol. The van der Waals surface area contributed by atoms with Crippen LogP contribution in [0.3, 0.4) is 0 Å². The summed E-state index contributed by atoms with van der Waals surface area (Å²) in [4.78, 5) is 24.9. The van der Waals surface area contributed by atoms with Crippen LogP contribution in [0.4, 0.5) is 21.2 Å². The summed E-state index contributed by atoms with van der Waals surface area (Å²) in [5, 5.41) is 9.44. The molecule has 0 aliphatic rings. The number of anilines is 3. The van der Waals surface area contributed by atoms with Crippen LogP contribution in [-0.2, 0) is 0 Å². The summed E-state index contributed by atoms with van der Waals surface area (Å²) < 4.78 is 0. The Morgan fingerprint density at radius 1 is 0.885 bits per heavy atom. The Labute approximate surface area is 160 Å². The van der Waals surface area contributed by atoms with Crippen molar-refractivity contribution in [3.05, 3.63) is 76.1 Å². The molecule has 132 valence electrons. The highest BCUT2D eigenvalue weighted by molar-refractivity contribution is 7.18. The Kier molecular flexibility index (Phi) is 5.55. The third kappa shape index (κ3) is 4.41. The quantitative estimate of drug-likeness (QED) is 0.546.